The summed E-state index contributed by atoms with van der Waals surface area (Å²) in [7, 11) is -3.85. The minimum atomic E-state index is -6.00. The fourth-order valence-electron chi connectivity index (χ4n) is 6.55. The average Bonchev–Trinajstić information content (AvgIpc) is 3.72. The van der Waals surface area contributed by atoms with E-state index in [0.29, 0.717) is 5.89 Å². The van der Waals surface area contributed by atoms with Crippen LogP contribution in [0.4, 0.5) is 23.0 Å². The average molecular weight is 677 g/mol. The number of anilines is 1. The Morgan fingerprint density at radius 1 is 0.820 bits per heavy atom. The van der Waals surface area contributed by atoms with Crippen molar-refractivity contribution < 1.29 is 26.2 Å². The maximum atomic E-state index is 9.75. The predicted octanol–water partition coefficient (Wildman–Crippen LogP) is 10.5. The van der Waals surface area contributed by atoms with Crippen molar-refractivity contribution in [3.8, 4) is 17.1 Å². The van der Waals surface area contributed by atoms with E-state index in [1.54, 1.807) is 0 Å². The molecular formula is C40H37BF4N4O. The van der Waals surface area contributed by atoms with Gasteiger partial charge in [0.15, 0.2) is 16.6 Å². The zero-order valence-corrected chi connectivity index (χ0v) is 28.3. The van der Waals surface area contributed by atoms with Gasteiger partial charge < -0.3 is 26.6 Å². The van der Waals surface area contributed by atoms with Crippen LogP contribution in [0, 0.1) is 0 Å². The fraction of sp³-hybridized carbons (Fsp3) is 0.150. The van der Waals surface area contributed by atoms with Crippen LogP contribution in [0.5, 0.6) is 0 Å². The lowest BCUT2D eigenvalue weighted by atomic mass is 9.84. The summed E-state index contributed by atoms with van der Waals surface area (Å²) >= 11 is 0. The van der Waals surface area contributed by atoms with Crippen LogP contribution in [0.2, 0.25) is 0 Å². The van der Waals surface area contributed by atoms with E-state index in [1.165, 1.54) is 16.9 Å². The maximum Gasteiger partial charge on any atom is 0.673 e. The highest BCUT2D eigenvalue weighted by atomic mass is 19.5. The molecule has 0 spiro atoms. The number of benzene rings is 4. The van der Waals surface area contributed by atoms with Crippen LogP contribution in [0.3, 0.4) is 0 Å². The predicted molar refractivity (Wildman–Crippen MR) is 196 cm³/mol. The number of nitrogens with zero attached hydrogens (tertiary/aromatic N) is 4. The molecule has 5 nitrogen and oxygen atoms in total. The third-order valence-electron chi connectivity index (χ3n) is 8.77. The number of aromatic nitrogens is 3. The first-order valence-electron chi connectivity index (χ1n) is 16.4. The molecule has 1 aliphatic heterocycles. The highest BCUT2D eigenvalue weighted by Crippen LogP contribution is 2.46. The van der Waals surface area contributed by atoms with Gasteiger partial charge in [-0.15, -0.1) is 0 Å². The van der Waals surface area contributed by atoms with E-state index >= 15 is 0 Å². The molecule has 0 fully saturated rings. The second-order valence-corrected chi connectivity index (χ2v) is 12.3. The first-order chi connectivity index (χ1) is 24.0. The summed E-state index contributed by atoms with van der Waals surface area (Å²) in [6.07, 6.45) is 14.9. The minimum absolute atomic E-state index is 0.0295. The van der Waals surface area contributed by atoms with Crippen molar-refractivity contribution in [2.24, 2.45) is 0 Å². The Morgan fingerprint density at radius 3 is 2.20 bits per heavy atom. The standard InChI is InChI=1S/C40H37N4O.BF4/c1-5-43-35-28-29(39-41-32-21-15-17-23-36(32)45-39)26-27-34(35)44(30-18-10-9-11-19-30)38(43)25-13-8-6-7-12-24-37-40(2,3)31-20-14-16-22-33(31)42(37)4;2-1(3,4)5/h6-28H,5H2,1-4H3;/q+1;-1. The summed E-state index contributed by atoms with van der Waals surface area (Å²) in [5, 5.41) is 0. The third kappa shape index (κ3) is 7.05. The number of hydrogen-bond acceptors (Lipinski definition) is 3. The number of imidazole rings is 1. The maximum absolute atomic E-state index is 9.75. The Labute approximate surface area is 288 Å². The molecule has 2 aromatic heterocycles. The van der Waals surface area contributed by atoms with Crippen LogP contribution in [0.1, 0.15) is 32.2 Å². The van der Waals surface area contributed by atoms with Gasteiger partial charge in [0.25, 0.3) is 5.82 Å². The lowest BCUT2D eigenvalue weighted by Gasteiger charge is -2.23. The van der Waals surface area contributed by atoms with E-state index in [4.69, 9.17) is 9.40 Å². The van der Waals surface area contributed by atoms with E-state index < -0.39 is 7.25 Å². The van der Waals surface area contributed by atoms with Crippen molar-refractivity contribution >= 4 is 41.2 Å². The van der Waals surface area contributed by atoms with Gasteiger partial charge >= 0.3 is 7.25 Å². The molecule has 0 bridgehead atoms. The molecular weight excluding hydrogens is 639 g/mol. The number of hydrogen-bond donors (Lipinski definition) is 0. The highest BCUT2D eigenvalue weighted by molar-refractivity contribution is 6.50. The molecule has 0 unspecified atom stereocenters. The number of allylic oxidation sites excluding steroid dienone is 7. The molecule has 0 amide bonds. The molecule has 10 heteroatoms. The molecule has 0 saturated heterocycles. The van der Waals surface area contributed by atoms with Gasteiger partial charge in [0.05, 0.1) is 6.54 Å². The monoisotopic (exact) mass is 676 g/mol. The Balaban J connectivity index is 0.000000808. The van der Waals surface area contributed by atoms with Gasteiger partial charge in [-0.1, -0.05) is 92.8 Å². The van der Waals surface area contributed by atoms with E-state index in [0.717, 1.165) is 45.8 Å². The number of aryl methyl sites for hydroxylation is 1. The van der Waals surface area contributed by atoms with Crippen LogP contribution in [0.25, 0.3) is 45.4 Å². The van der Waals surface area contributed by atoms with Crippen molar-refractivity contribution in [3.05, 3.63) is 151 Å². The fourth-order valence-corrected chi connectivity index (χ4v) is 6.55. The van der Waals surface area contributed by atoms with E-state index in [2.05, 4.69) is 157 Å². The van der Waals surface area contributed by atoms with E-state index in [9.17, 15) is 17.3 Å². The third-order valence-corrected chi connectivity index (χ3v) is 8.77. The molecule has 0 atom stereocenters. The van der Waals surface area contributed by atoms with Crippen molar-refractivity contribution in [2.45, 2.75) is 32.7 Å². The normalized spacial score (nSPS) is 15.2. The van der Waals surface area contributed by atoms with Crippen LogP contribution in [0.15, 0.2) is 144 Å². The Hall–Kier alpha value is -5.64. The number of oxazole rings is 1. The second-order valence-electron chi connectivity index (χ2n) is 12.3. The molecule has 7 rings (SSSR count). The Morgan fingerprint density at radius 2 is 1.48 bits per heavy atom. The van der Waals surface area contributed by atoms with Gasteiger partial charge in [-0.3, -0.25) is 0 Å². The summed E-state index contributed by atoms with van der Waals surface area (Å²) in [5.74, 6) is 1.72. The molecule has 0 saturated carbocycles. The summed E-state index contributed by atoms with van der Waals surface area (Å²) in [6.45, 7) is 7.58. The molecule has 1 aliphatic rings. The first kappa shape index (κ1) is 34.2. The van der Waals surface area contributed by atoms with Crippen LogP contribution in [-0.2, 0) is 12.0 Å². The van der Waals surface area contributed by atoms with Gasteiger partial charge in [0, 0.05) is 41.6 Å². The molecule has 50 heavy (non-hydrogen) atoms. The van der Waals surface area contributed by atoms with Gasteiger partial charge in [-0.2, -0.15) is 4.57 Å². The van der Waals surface area contributed by atoms with Crippen LogP contribution in [-0.4, -0.2) is 23.9 Å². The quantitative estimate of drug-likeness (QED) is 0.0731. The highest BCUT2D eigenvalue weighted by Gasteiger charge is 2.37. The summed E-state index contributed by atoms with van der Waals surface area (Å²) in [5.41, 5.74) is 9.89. The van der Waals surface area contributed by atoms with Crippen molar-refractivity contribution in [3.63, 3.8) is 0 Å². The summed E-state index contributed by atoms with van der Waals surface area (Å²) in [4.78, 5) is 7.04. The van der Waals surface area contributed by atoms with E-state index in [1.807, 2.05) is 24.3 Å². The molecule has 4 aromatic carbocycles. The number of fused-ring (bicyclic) bond motifs is 3. The number of rotatable bonds is 7. The molecule has 0 radical (unpaired) electrons. The lowest BCUT2D eigenvalue weighted by Crippen LogP contribution is -2.35. The number of likely N-dealkylation sites (N-methyl/N-ethyl adjacent to an activating group) is 1. The number of halogens is 4. The van der Waals surface area contributed by atoms with Crippen molar-refractivity contribution in [1.82, 2.24) is 9.55 Å². The first-order valence-corrected chi connectivity index (χ1v) is 16.4. The molecule has 0 aliphatic carbocycles. The van der Waals surface area contributed by atoms with Gasteiger partial charge in [0.1, 0.15) is 11.2 Å². The lowest BCUT2D eigenvalue weighted by molar-refractivity contribution is -0.670. The van der Waals surface area contributed by atoms with Crippen molar-refractivity contribution in [1.29, 1.82) is 0 Å². The summed E-state index contributed by atoms with van der Waals surface area (Å²) in [6, 6.07) is 33.5. The molecule has 3 heterocycles. The smallest absolute Gasteiger partial charge is 0.436 e. The van der Waals surface area contributed by atoms with Gasteiger partial charge in [0.2, 0.25) is 5.89 Å². The van der Waals surface area contributed by atoms with Crippen LogP contribution < -0.4 is 9.47 Å². The van der Waals surface area contributed by atoms with Gasteiger partial charge in [-0.05, 0) is 61.0 Å². The van der Waals surface area contributed by atoms with E-state index in [-0.39, 0.29) is 5.41 Å². The minimum Gasteiger partial charge on any atom is -0.436 e. The molecule has 254 valence electrons. The Bertz CT molecular complexity index is 2220. The molecule has 0 N–H and O–H groups in total. The summed E-state index contributed by atoms with van der Waals surface area (Å²) < 4.78 is 49.8. The Kier molecular flexibility index (Phi) is 9.64. The zero-order valence-electron chi connectivity index (χ0n) is 28.3. The SMILES string of the molecule is CC[n+]1c(/C=C/C=C/C=C/C=C2/N(C)c3ccccc3C2(C)C)n(-c2ccccc2)c2ccc(-c3nc4ccccc4o3)cc21.F[B-](F)(F)F. The molecule has 6 aromatic rings. The largest absolute Gasteiger partial charge is 0.673 e. The zero-order chi connectivity index (χ0) is 35.5. The van der Waals surface area contributed by atoms with Gasteiger partial charge in [-0.25, -0.2) is 9.55 Å². The van der Waals surface area contributed by atoms with Crippen LogP contribution >= 0.6 is 0 Å². The second kappa shape index (κ2) is 14.1. The number of para-hydroxylation sites is 4. The topological polar surface area (TPSA) is 38.1 Å². The van der Waals surface area contributed by atoms with Crippen molar-refractivity contribution in [2.75, 3.05) is 11.9 Å².